The monoisotopic (exact) mass is 326 g/mol. The van der Waals surface area contributed by atoms with Crippen LogP contribution in [-0.2, 0) is 16.4 Å². The number of nitrogens with zero attached hydrogens (tertiary/aromatic N) is 1. The Morgan fingerprint density at radius 3 is 2.62 bits per heavy atom. The van der Waals surface area contributed by atoms with Crippen molar-refractivity contribution < 1.29 is 18.3 Å². The third-order valence-electron chi connectivity index (χ3n) is 2.78. The van der Waals surface area contributed by atoms with Gasteiger partial charge in [-0.2, -0.15) is 0 Å². The Balaban J connectivity index is 2.04. The maximum atomic E-state index is 12.0. The maximum absolute atomic E-state index is 12.0. The van der Waals surface area contributed by atoms with Crippen LogP contribution in [0.25, 0.3) is 0 Å². The number of thiophene rings is 1. The van der Waals surface area contributed by atoms with Gasteiger partial charge >= 0.3 is 5.97 Å². The summed E-state index contributed by atoms with van der Waals surface area (Å²) in [5.41, 5.74) is 1.42. The van der Waals surface area contributed by atoms with Crippen molar-refractivity contribution >= 4 is 32.3 Å². The van der Waals surface area contributed by atoms with Crippen LogP contribution in [0.4, 0.5) is 5.00 Å². The van der Waals surface area contributed by atoms with Gasteiger partial charge in [-0.25, -0.2) is 13.2 Å². The van der Waals surface area contributed by atoms with E-state index in [2.05, 4.69) is 9.71 Å². The number of carboxylic acids is 1. The molecule has 0 aliphatic carbocycles. The zero-order chi connectivity index (χ0) is 15.5. The number of aromatic carboxylic acids is 1. The Kier molecular flexibility index (Phi) is 4.59. The molecule has 0 aromatic carbocycles. The highest BCUT2D eigenvalue weighted by molar-refractivity contribution is 7.92. The Labute approximate surface area is 126 Å². The predicted octanol–water partition coefficient (Wildman–Crippen LogP) is 2.13. The number of aromatic nitrogens is 1. The molecule has 8 heteroatoms. The van der Waals surface area contributed by atoms with E-state index >= 15 is 0 Å². The molecule has 0 bridgehead atoms. The van der Waals surface area contributed by atoms with Crippen LogP contribution in [0.15, 0.2) is 30.6 Å². The van der Waals surface area contributed by atoms with Gasteiger partial charge in [-0.15, -0.1) is 11.3 Å². The van der Waals surface area contributed by atoms with Crippen LogP contribution in [0.2, 0.25) is 0 Å². The van der Waals surface area contributed by atoms with Gasteiger partial charge in [0.05, 0.1) is 5.75 Å². The van der Waals surface area contributed by atoms with Gasteiger partial charge in [0.2, 0.25) is 10.0 Å². The van der Waals surface area contributed by atoms with Gasteiger partial charge in [-0.05, 0) is 42.7 Å². The van der Waals surface area contributed by atoms with E-state index in [0.29, 0.717) is 17.0 Å². The summed E-state index contributed by atoms with van der Waals surface area (Å²) in [7, 11) is -3.51. The van der Waals surface area contributed by atoms with Gasteiger partial charge < -0.3 is 5.11 Å². The van der Waals surface area contributed by atoms with Gasteiger partial charge in [-0.1, -0.05) is 0 Å². The van der Waals surface area contributed by atoms with Crippen molar-refractivity contribution in [1.29, 1.82) is 0 Å². The second-order valence-electron chi connectivity index (χ2n) is 4.45. The Hall–Kier alpha value is -1.93. The van der Waals surface area contributed by atoms with Crippen LogP contribution < -0.4 is 4.72 Å². The molecule has 0 unspecified atom stereocenters. The smallest absolute Gasteiger partial charge is 0.346 e. The van der Waals surface area contributed by atoms with E-state index in [9.17, 15) is 13.2 Å². The molecule has 112 valence electrons. The molecule has 21 heavy (non-hydrogen) atoms. The molecule has 2 N–H and O–H groups in total. The molecule has 0 atom stereocenters. The highest BCUT2D eigenvalue weighted by Gasteiger charge is 2.16. The van der Waals surface area contributed by atoms with Gasteiger partial charge in [0.25, 0.3) is 0 Å². The minimum Gasteiger partial charge on any atom is -0.477 e. The molecular weight excluding hydrogens is 312 g/mol. The average Bonchev–Trinajstić information content (AvgIpc) is 2.78. The zero-order valence-corrected chi connectivity index (χ0v) is 12.9. The van der Waals surface area contributed by atoms with Crippen LogP contribution in [0.5, 0.6) is 0 Å². The normalized spacial score (nSPS) is 11.3. The largest absolute Gasteiger partial charge is 0.477 e. The van der Waals surface area contributed by atoms with Crippen LogP contribution in [0.3, 0.4) is 0 Å². The molecular formula is C13H14N2O4S2. The Bertz CT molecular complexity index is 739. The van der Waals surface area contributed by atoms with E-state index < -0.39 is 16.0 Å². The summed E-state index contributed by atoms with van der Waals surface area (Å²) in [6, 6.07) is 5.04. The van der Waals surface area contributed by atoms with E-state index in [-0.39, 0.29) is 10.6 Å². The zero-order valence-electron chi connectivity index (χ0n) is 11.2. The van der Waals surface area contributed by atoms with E-state index in [0.717, 1.165) is 16.9 Å². The summed E-state index contributed by atoms with van der Waals surface area (Å²) in [4.78, 5) is 14.9. The summed E-state index contributed by atoms with van der Waals surface area (Å²) in [5.74, 6) is -1.13. The first-order valence-corrected chi connectivity index (χ1v) is 8.57. The van der Waals surface area contributed by atoms with Crippen molar-refractivity contribution in [2.75, 3.05) is 10.5 Å². The maximum Gasteiger partial charge on any atom is 0.346 e. The fourth-order valence-corrected chi connectivity index (χ4v) is 4.03. The SMILES string of the molecule is Cc1cc(NS(=O)(=O)CCc2ccncc2)sc1C(=O)O. The average molecular weight is 326 g/mol. The fraction of sp³-hybridized carbons (Fsp3) is 0.231. The number of pyridine rings is 1. The van der Waals surface area contributed by atoms with Crippen molar-refractivity contribution in [3.05, 3.63) is 46.6 Å². The minimum atomic E-state index is -3.51. The summed E-state index contributed by atoms with van der Waals surface area (Å²) in [5, 5.41) is 9.28. The number of hydrogen-bond acceptors (Lipinski definition) is 5. The molecule has 0 amide bonds. The fourth-order valence-electron chi connectivity index (χ4n) is 1.75. The summed E-state index contributed by atoms with van der Waals surface area (Å²) >= 11 is 0.916. The summed E-state index contributed by atoms with van der Waals surface area (Å²) < 4.78 is 26.4. The third-order valence-corrected chi connectivity index (χ3v) is 5.32. The molecule has 2 aromatic heterocycles. The highest BCUT2D eigenvalue weighted by Crippen LogP contribution is 2.27. The van der Waals surface area contributed by atoms with Gasteiger partial charge in [0.15, 0.2) is 0 Å². The number of hydrogen-bond donors (Lipinski definition) is 2. The number of carboxylic acid groups (broad SMARTS) is 1. The van der Waals surface area contributed by atoms with Gasteiger partial charge in [-0.3, -0.25) is 9.71 Å². The number of rotatable bonds is 6. The lowest BCUT2D eigenvalue weighted by atomic mass is 10.2. The number of sulfonamides is 1. The third kappa shape index (κ3) is 4.27. The van der Waals surface area contributed by atoms with E-state index in [1.54, 1.807) is 31.5 Å². The van der Waals surface area contributed by atoms with Crippen LogP contribution >= 0.6 is 11.3 Å². The molecule has 0 radical (unpaired) electrons. The summed E-state index contributed by atoms with van der Waals surface area (Å²) in [6.45, 7) is 1.63. The van der Waals surface area contributed by atoms with Crippen LogP contribution in [-0.4, -0.2) is 30.2 Å². The number of anilines is 1. The quantitative estimate of drug-likeness (QED) is 0.847. The van der Waals surface area contributed by atoms with E-state index in [1.165, 1.54) is 6.07 Å². The number of nitrogens with one attached hydrogen (secondary N) is 1. The molecule has 0 aliphatic rings. The summed E-state index contributed by atoms with van der Waals surface area (Å²) in [6.07, 6.45) is 3.59. The number of carbonyl (C=O) groups is 1. The molecule has 0 fully saturated rings. The first-order chi connectivity index (χ1) is 9.87. The van der Waals surface area contributed by atoms with Crippen molar-refractivity contribution in [3.8, 4) is 0 Å². The molecule has 0 spiro atoms. The Morgan fingerprint density at radius 2 is 2.05 bits per heavy atom. The van der Waals surface area contributed by atoms with Crippen LogP contribution in [0, 0.1) is 6.92 Å². The van der Waals surface area contributed by atoms with Crippen molar-refractivity contribution in [2.24, 2.45) is 0 Å². The second kappa shape index (κ2) is 6.23. The molecule has 0 aliphatic heterocycles. The second-order valence-corrected chi connectivity index (χ2v) is 7.35. The van der Waals surface area contributed by atoms with Crippen LogP contribution in [0.1, 0.15) is 20.8 Å². The van der Waals surface area contributed by atoms with Crippen molar-refractivity contribution in [1.82, 2.24) is 4.98 Å². The van der Waals surface area contributed by atoms with E-state index in [4.69, 9.17) is 5.11 Å². The molecule has 2 rings (SSSR count). The first kappa shape index (κ1) is 15.5. The molecule has 0 saturated heterocycles. The van der Waals surface area contributed by atoms with Gasteiger partial charge in [0, 0.05) is 12.4 Å². The van der Waals surface area contributed by atoms with Gasteiger partial charge in [0.1, 0.15) is 9.88 Å². The molecule has 0 saturated carbocycles. The lowest BCUT2D eigenvalue weighted by Crippen LogP contribution is -2.17. The minimum absolute atomic E-state index is 0.0730. The Morgan fingerprint density at radius 1 is 1.38 bits per heavy atom. The predicted molar refractivity (Wildman–Crippen MR) is 81.4 cm³/mol. The molecule has 6 nitrogen and oxygen atoms in total. The lowest BCUT2D eigenvalue weighted by Gasteiger charge is -2.05. The van der Waals surface area contributed by atoms with Crippen molar-refractivity contribution in [2.45, 2.75) is 13.3 Å². The van der Waals surface area contributed by atoms with E-state index in [1.807, 2.05) is 0 Å². The number of aryl methyl sites for hydroxylation is 2. The lowest BCUT2D eigenvalue weighted by molar-refractivity contribution is 0.0701. The molecule has 2 heterocycles. The van der Waals surface area contributed by atoms with Crippen molar-refractivity contribution in [3.63, 3.8) is 0 Å². The first-order valence-electron chi connectivity index (χ1n) is 6.10. The highest BCUT2D eigenvalue weighted by atomic mass is 32.2. The standard InChI is InChI=1S/C13H14N2O4S2/c1-9-8-11(20-12(9)13(16)17)15-21(18,19)7-4-10-2-5-14-6-3-10/h2-3,5-6,8,15H,4,7H2,1H3,(H,16,17). The topological polar surface area (TPSA) is 96.4 Å². The molecule has 2 aromatic rings.